The number of amides is 2. The second-order valence-electron chi connectivity index (χ2n) is 19.8. The number of fused-ring (bicyclic) bond motifs is 2. The lowest BCUT2D eigenvalue weighted by atomic mass is 9.81. The van der Waals surface area contributed by atoms with Crippen LogP contribution in [0.5, 0.6) is 11.5 Å². The van der Waals surface area contributed by atoms with E-state index in [2.05, 4.69) is 16.0 Å². The predicted octanol–water partition coefficient (Wildman–Crippen LogP) is 6.98. The Balaban J connectivity index is 1.70. The number of esters is 2. The van der Waals surface area contributed by atoms with Gasteiger partial charge in [-0.15, -0.1) is 0 Å². The molecule has 3 rings (SSSR count). The topological polar surface area (TPSA) is 258 Å². The molecule has 1 aliphatic carbocycles. The fourth-order valence-corrected chi connectivity index (χ4v) is 7.61. The molecule has 66 heavy (non-hydrogen) atoms. The fraction of sp³-hybridized carbons (Fsp3) is 0.600. The standard InChI is InChI=1S/C50H72N4O12/c1-12-28(4)44(54-48(64)30(24-36(57)29(5)27(2)3)16-21-38(59)65-49(6,7)8)37(58)25-31(26-39(60)66-50(9,10)11)47(63)53-23-15-13-14-22-52-33-18-20-35(56)43-41(33)46(62)42-34(55)19-17-32(51)40(42)45(43)61/h17-20,27-31,44,52,55-56H,12-16,21-26,51H2,1-11H3,(H,53,63)(H,54,64)/t28?,29-,30+,31-,44-/m0/s1. The number of aromatic hydroxyl groups is 2. The quantitative estimate of drug-likeness (QED) is 0.0229. The maximum Gasteiger partial charge on any atom is 0.307 e. The normalized spacial score (nSPS) is 14.8. The molecule has 0 aliphatic heterocycles. The Hall–Kier alpha value is -5.80. The van der Waals surface area contributed by atoms with Crippen molar-refractivity contribution in [2.75, 3.05) is 24.1 Å². The zero-order chi connectivity index (χ0) is 49.8. The molecule has 0 saturated heterocycles. The maximum absolute atomic E-state index is 14.2. The largest absolute Gasteiger partial charge is 0.507 e. The second kappa shape index (κ2) is 23.6. The number of nitrogens with two attached hydrogens (primary N) is 1. The summed E-state index contributed by atoms with van der Waals surface area (Å²) in [5.41, 5.74) is 3.97. The number of benzene rings is 2. The number of anilines is 2. The van der Waals surface area contributed by atoms with Crippen LogP contribution in [0.2, 0.25) is 0 Å². The van der Waals surface area contributed by atoms with E-state index in [1.165, 1.54) is 24.3 Å². The number of carbonyl (C=O) groups is 8. The van der Waals surface area contributed by atoms with Crippen LogP contribution in [-0.2, 0) is 38.2 Å². The minimum Gasteiger partial charge on any atom is -0.507 e. The Labute approximate surface area is 388 Å². The van der Waals surface area contributed by atoms with Crippen LogP contribution in [0.25, 0.3) is 0 Å². The summed E-state index contributed by atoms with van der Waals surface area (Å²) >= 11 is 0. The van der Waals surface area contributed by atoms with Crippen molar-refractivity contribution in [1.29, 1.82) is 0 Å². The fourth-order valence-electron chi connectivity index (χ4n) is 7.61. The zero-order valence-electron chi connectivity index (χ0n) is 40.6. The van der Waals surface area contributed by atoms with Gasteiger partial charge in [0.2, 0.25) is 23.4 Å². The second-order valence-corrected chi connectivity index (χ2v) is 19.8. The summed E-state index contributed by atoms with van der Waals surface area (Å²) < 4.78 is 11.0. The Morgan fingerprint density at radius 2 is 1.21 bits per heavy atom. The summed E-state index contributed by atoms with van der Waals surface area (Å²) in [6.45, 7) is 20.1. The molecule has 1 aliphatic rings. The van der Waals surface area contributed by atoms with E-state index in [1.54, 1.807) is 55.4 Å². The molecule has 16 nitrogen and oxygen atoms in total. The summed E-state index contributed by atoms with van der Waals surface area (Å²) in [6, 6.07) is 4.26. The smallest absolute Gasteiger partial charge is 0.307 e. The summed E-state index contributed by atoms with van der Waals surface area (Å²) in [6.07, 6.45) is 1.12. The highest BCUT2D eigenvalue weighted by Crippen LogP contribution is 2.41. The van der Waals surface area contributed by atoms with Crippen LogP contribution in [-0.4, -0.2) is 87.4 Å². The number of Topliss-reactive ketones (excluding diaryl/α,β-unsaturated/α-hetero) is 2. The molecule has 0 spiro atoms. The third kappa shape index (κ3) is 15.4. The van der Waals surface area contributed by atoms with Crippen molar-refractivity contribution in [2.24, 2.45) is 29.6 Å². The first-order valence-corrected chi connectivity index (χ1v) is 23.0. The summed E-state index contributed by atoms with van der Waals surface area (Å²) in [5.74, 6) is -7.83. The van der Waals surface area contributed by atoms with Gasteiger partial charge in [-0.1, -0.05) is 41.0 Å². The monoisotopic (exact) mass is 921 g/mol. The molecule has 2 aromatic rings. The number of unbranched alkanes of at least 4 members (excludes halogenated alkanes) is 2. The molecule has 0 heterocycles. The Bertz CT molecular complexity index is 2130. The average molecular weight is 921 g/mol. The summed E-state index contributed by atoms with van der Waals surface area (Å²) in [5, 5.41) is 29.8. The molecule has 5 atom stereocenters. The van der Waals surface area contributed by atoms with Gasteiger partial charge >= 0.3 is 11.9 Å². The summed E-state index contributed by atoms with van der Waals surface area (Å²) in [7, 11) is 0. The number of phenolic OH excluding ortho intramolecular Hbond substituents is 2. The SMILES string of the molecule is CCC(C)[C@H](NC(=O)[C@H](CCC(=O)OC(C)(C)C)CC(=O)[C@@H](C)C(C)C)C(=O)C[C@@H](CC(=O)OC(C)(C)C)C(=O)NCCCCCNc1ccc(O)c2c1C(=O)c1c(O)ccc(N)c1C2=O. The molecule has 2 aromatic carbocycles. The first-order valence-electron chi connectivity index (χ1n) is 23.0. The van der Waals surface area contributed by atoms with E-state index in [0.717, 1.165) is 0 Å². The van der Waals surface area contributed by atoms with Gasteiger partial charge in [0, 0.05) is 55.6 Å². The highest BCUT2D eigenvalue weighted by Gasteiger charge is 2.38. The molecule has 0 fully saturated rings. The lowest BCUT2D eigenvalue weighted by Crippen LogP contribution is -2.49. The maximum atomic E-state index is 14.2. The molecule has 16 heteroatoms. The number of hydrogen-bond donors (Lipinski definition) is 6. The first-order chi connectivity index (χ1) is 30.7. The number of ketones is 4. The third-order valence-electron chi connectivity index (χ3n) is 11.7. The molecular formula is C50H72N4O12. The Morgan fingerprint density at radius 1 is 0.667 bits per heavy atom. The van der Waals surface area contributed by atoms with E-state index in [9.17, 15) is 48.6 Å². The van der Waals surface area contributed by atoms with Crippen molar-refractivity contribution in [3.05, 3.63) is 46.5 Å². The number of rotatable bonds is 24. The average Bonchev–Trinajstić information content (AvgIpc) is 3.21. The molecule has 0 saturated carbocycles. The molecule has 0 aromatic heterocycles. The van der Waals surface area contributed by atoms with Crippen LogP contribution in [0.4, 0.5) is 11.4 Å². The van der Waals surface area contributed by atoms with Gasteiger partial charge in [-0.05, 0) is 103 Å². The molecule has 2 amide bonds. The highest BCUT2D eigenvalue weighted by molar-refractivity contribution is 6.33. The molecule has 7 N–H and O–H groups in total. The molecular weight excluding hydrogens is 849 g/mol. The number of hydrogen-bond acceptors (Lipinski definition) is 14. The van der Waals surface area contributed by atoms with Gasteiger partial charge in [0.25, 0.3) is 0 Å². The van der Waals surface area contributed by atoms with E-state index in [4.69, 9.17) is 15.2 Å². The van der Waals surface area contributed by atoms with Crippen LogP contribution in [0.15, 0.2) is 24.3 Å². The lowest BCUT2D eigenvalue weighted by molar-refractivity contribution is -0.158. The van der Waals surface area contributed by atoms with Crippen LogP contribution in [0, 0.1) is 29.6 Å². The first kappa shape index (κ1) is 54.5. The lowest BCUT2D eigenvalue weighted by Gasteiger charge is -2.28. The number of ether oxygens (including phenoxy) is 2. The number of nitrogen functional groups attached to an aromatic ring is 1. The Morgan fingerprint density at radius 3 is 1.80 bits per heavy atom. The number of nitrogens with one attached hydrogen (secondary N) is 3. The van der Waals surface area contributed by atoms with Crippen LogP contribution in [0.1, 0.15) is 166 Å². The van der Waals surface area contributed by atoms with Crippen molar-refractivity contribution in [2.45, 2.75) is 151 Å². The number of phenols is 2. The molecule has 1 unspecified atom stereocenters. The van der Waals surface area contributed by atoms with Crippen molar-refractivity contribution in [3.8, 4) is 11.5 Å². The molecule has 0 bridgehead atoms. The zero-order valence-corrected chi connectivity index (χ0v) is 40.6. The van der Waals surface area contributed by atoms with Crippen molar-refractivity contribution in [3.63, 3.8) is 0 Å². The minimum absolute atomic E-state index is 0.00114. The van der Waals surface area contributed by atoms with Gasteiger partial charge < -0.3 is 41.4 Å². The molecule has 364 valence electrons. The van der Waals surface area contributed by atoms with E-state index < -0.39 is 88.1 Å². The van der Waals surface area contributed by atoms with E-state index in [0.29, 0.717) is 32.2 Å². The highest BCUT2D eigenvalue weighted by atomic mass is 16.6. The van der Waals surface area contributed by atoms with E-state index in [1.807, 2.05) is 20.8 Å². The van der Waals surface area contributed by atoms with E-state index >= 15 is 0 Å². The van der Waals surface area contributed by atoms with Gasteiger partial charge in [-0.2, -0.15) is 0 Å². The van der Waals surface area contributed by atoms with Crippen molar-refractivity contribution < 1.29 is 58.0 Å². The van der Waals surface area contributed by atoms with Gasteiger partial charge in [-0.25, -0.2) is 0 Å². The van der Waals surface area contributed by atoms with Gasteiger partial charge in [0.1, 0.15) is 28.5 Å². The van der Waals surface area contributed by atoms with E-state index in [-0.39, 0.29) is 89.4 Å². The van der Waals surface area contributed by atoms with Crippen molar-refractivity contribution in [1.82, 2.24) is 10.6 Å². The van der Waals surface area contributed by atoms with Gasteiger partial charge in [0.05, 0.1) is 40.6 Å². The minimum atomic E-state index is -1.13. The van der Waals surface area contributed by atoms with Crippen LogP contribution >= 0.6 is 0 Å². The molecule has 0 radical (unpaired) electrons. The predicted molar refractivity (Wildman–Crippen MR) is 250 cm³/mol. The van der Waals surface area contributed by atoms with Crippen LogP contribution < -0.4 is 21.7 Å². The summed E-state index contributed by atoms with van der Waals surface area (Å²) in [4.78, 5) is 108. The van der Waals surface area contributed by atoms with Crippen LogP contribution in [0.3, 0.4) is 0 Å². The Kier molecular flexibility index (Phi) is 19.5. The van der Waals surface area contributed by atoms with Crippen molar-refractivity contribution >= 4 is 58.3 Å². The van der Waals surface area contributed by atoms with Gasteiger partial charge in [-0.3, -0.25) is 38.4 Å². The number of carbonyl (C=O) groups excluding carboxylic acids is 8. The van der Waals surface area contributed by atoms with Gasteiger partial charge in [0.15, 0.2) is 5.78 Å². The third-order valence-corrected chi connectivity index (χ3v) is 11.7.